The van der Waals surface area contributed by atoms with Crippen molar-refractivity contribution in [3.05, 3.63) is 77.9 Å². The Bertz CT molecular complexity index is 851. The number of urea groups is 1. The lowest BCUT2D eigenvalue weighted by atomic mass is 10.1. The van der Waals surface area contributed by atoms with Crippen LogP contribution >= 0.6 is 0 Å². The smallest absolute Gasteiger partial charge is 0.319 e. The van der Waals surface area contributed by atoms with Gasteiger partial charge < -0.3 is 15.5 Å². The van der Waals surface area contributed by atoms with Gasteiger partial charge in [0.15, 0.2) is 0 Å². The van der Waals surface area contributed by atoms with E-state index in [0.717, 1.165) is 28.6 Å². The molecule has 25 heavy (non-hydrogen) atoms. The molecule has 0 radical (unpaired) electrons. The molecule has 0 fully saturated rings. The minimum absolute atomic E-state index is 0.200. The normalized spacial score (nSPS) is 10.8. The third kappa shape index (κ3) is 4.58. The molecule has 0 aliphatic carbocycles. The number of hydrogen-bond donors (Lipinski definition) is 2. The van der Waals surface area contributed by atoms with Crippen LogP contribution in [-0.4, -0.2) is 25.0 Å². The molecular weight excluding hydrogens is 310 g/mol. The monoisotopic (exact) mass is 333 g/mol. The fraction of sp³-hybridized carbons (Fsp3) is 0.190. The van der Waals surface area contributed by atoms with E-state index in [1.165, 1.54) is 5.56 Å². The Morgan fingerprint density at radius 1 is 0.880 bits per heavy atom. The fourth-order valence-corrected chi connectivity index (χ4v) is 2.81. The molecule has 2 N–H and O–H groups in total. The third-order valence-corrected chi connectivity index (χ3v) is 4.01. The quantitative estimate of drug-likeness (QED) is 0.734. The number of carbonyl (C=O) groups excluding carboxylic acids is 1. The van der Waals surface area contributed by atoms with E-state index in [2.05, 4.69) is 39.8 Å². The Hall–Kier alpha value is -2.85. The van der Waals surface area contributed by atoms with E-state index < -0.39 is 0 Å². The maximum Gasteiger partial charge on any atom is 0.319 e. The summed E-state index contributed by atoms with van der Waals surface area (Å²) in [4.78, 5) is 14.3. The zero-order valence-corrected chi connectivity index (χ0v) is 14.6. The molecule has 0 aliphatic heterocycles. The molecule has 0 atom stereocenters. The van der Waals surface area contributed by atoms with Crippen molar-refractivity contribution in [1.29, 1.82) is 0 Å². The summed E-state index contributed by atoms with van der Waals surface area (Å²) in [7, 11) is 4.10. The molecule has 0 aliphatic rings. The lowest BCUT2D eigenvalue weighted by molar-refractivity contribution is 0.252. The largest absolute Gasteiger partial charge is 0.334 e. The highest BCUT2D eigenvalue weighted by Crippen LogP contribution is 2.22. The molecule has 128 valence electrons. The number of rotatable bonds is 5. The summed E-state index contributed by atoms with van der Waals surface area (Å²) in [6.45, 7) is 1.41. The van der Waals surface area contributed by atoms with Gasteiger partial charge in [-0.05, 0) is 36.7 Å². The molecule has 3 rings (SSSR count). The average molecular weight is 333 g/mol. The molecule has 0 bridgehead atoms. The van der Waals surface area contributed by atoms with Crippen LogP contribution in [0, 0.1) is 0 Å². The van der Waals surface area contributed by atoms with Gasteiger partial charge in [0.1, 0.15) is 0 Å². The molecule has 3 aromatic carbocycles. The number of nitrogens with zero attached hydrogens (tertiary/aromatic N) is 1. The molecule has 0 heterocycles. The lowest BCUT2D eigenvalue weighted by Crippen LogP contribution is -2.28. The van der Waals surface area contributed by atoms with E-state index in [0.29, 0.717) is 6.54 Å². The van der Waals surface area contributed by atoms with Crippen molar-refractivity contribution in [3.8, 4) is 0 Å². The van der Waals surface area contributed by atoms with Gasteiger partial charge in [-0.1, -0.05) is 60.7 Å². The van der Waals surface area contributed by atoms with E-state index in [9.17, 15) is 4.79 Å². The van der Waals surface area contributed by atoms with Gasteiger partial charge in [-0.25, -0.2) is 4.79 Å². The fourth-order valence-electron chi connectivity index (χ4n) is 2.81. The Morgan fingerprint density at radius 3 is 2.32 bits per heavy atom. The summed E-state index contributed by atoms with van der Waals surface area (Å²) in [6, 6.07) is 22.0. The molecule has 0 aromatic heterocycles. The minimum Gasteiger partial charge on any atom is -0.334 e. The van der Waals surface area contributed by atoms with Gasteiger partial charge in [-0.3, -0.25) is 0 Å². The Kier molecular flexibility index (Phi) is 5.31. The summed E-state index contributed by atoms with van der Waals surface area (Å²) in [5.74, 6) is 0. The van der Waals surface area contributed by atoms with E-state index in [1.807, 2.05) is 56.6 Å². The summed E-state index contributed by atoms with van der Waals surface area (Å²) in [5, 5.41) is 7.99. The molecule has 3 aromatic rings. The van der Waals surface area contributed by atoms with E-state index in [4.69, 9.17) is 0 Å². The minimum atomic E-state index is -0.200. The van der Waals surface area contributed by atoms with Crippen LogP contribution in [0.15, 0.2) is 66.7 Å². The van der Waals surface area contributed by atoms with Crippen molar-refractivity contribution in [1.82, 2.24) is 10.2 Å². The van der Waals surface area contributed by atoms with Crippen molar-refractivity contribution in [2.24, 2.45) is 0 Å². The van der Waals surface area contributed by atoms with Crippen LogP contribution < -0.4 is 10.6 Å². The summed E-state index contributed by atoms with van der Waals surface area (Å²) in [6.07, 6.45) is 0. The standard InChI is InChI=1S/C21H23N3O/c1-24(2)15-17-12-10-16(11-13-17)14-22-21(25)23-20-9-5-7-18-6-3-4-8-19(18)20/h3-13H,14-15H2,1-2H3,(H2,22,23,25). The van der Waals surface area contributed by atoms with E-state index in [1.54, 1.807) is 0 Å². The van der Waals surface area contributed by atoms with Crippen LogP contribution in [0.4, 0.5) is 10.5 Å². The molecule has 0 saturated carbocycles. The highest BCUT2D eigenvalue weighted by molar-refractivity contribution is 6.01. The van der Waals surface area contributed by atoms with Gasteiger partial charge in [0, 0.05) is 18.5 Å². The zero-order valence-electron chi connectivity index (χ0n) is 14.6. The van der Waals surface area contributed by atoms with Gasteiger partial charge in [0.25, 0.3) is 0 Å². The molecule has 2 amide bonds. The van der Waals surface area contributed by atoms with Crippen molar-refractivity contribution >= 4 is 22.5 Å². The molecular formula is C21H23N3O. The highest BCUT2D eigenvalue weighted by atomic mass is 16.2. The van der Waals surface area contributed by atoms with Crippen LogP contribution in [0.1, 0.15) is 11.1 Å². The van der Waals surface area contributed by atoms with Crippen LogP contribution in [0.3, 0.4) is 0 Å². The number of nitrogens with one attached hydrogen (secondary N) is 2. The number of fused-ring (bicyclic) bond motifs is 1. The van der Waals surface area contributed by atoms with E-state index >= 15 is 0 Å². The first-order valence-corrected chi connectivity index (χ1v) is 8.37. The van der Waals surface area contributed by atoms with Crippen molar-refractivity contribution in [2.45, 2.75) is 13.1 Å². The molecule has 4 heteroatoms. The van der Waals surface area contributed by atoms with Gasteiger partial charge in [0.05, 0.1) is 5.69 Å². The second kappa shape index (κ2) is 7.81. The van der Waals surface area contributed by atoms with Crippen LogP contribution in [0.25, 0.3) is 10.8 Å². The maximum absolute atomic E-state index is 12.2. The predicted molar refractivity (Wildman–Crippen MR) is 104 cm³/mol. The zero-order chi connectivity index (χ0) is 17.6. The van der Waals surface area contributed by atoms with Gasteiger partial charge in [-0.15, -0.1) is 0 Å². The predicted octanol–water partition coefficient (Wildman–Crippen LogP) is 4.22. The van der Waals surface area contributed by atoms with Gasteiger partial charge in [-0.2, -0.15) is 0 Å². The number of benzene rings is 3. The van der Waals surface area contributed by atoms with Crippen LogP contribution in [0.5, 0.6) is 0 Å². The summed E-state index contributed by atoms with van der Waals surface area (Å²) >= 11 is 0. The van der Waals surface area contributed by atoms with Crippen LogP contribution in [0.2, 0.25) is 0 Å². The first-order valence-electron chi connectivity index (χ1n) is 8.37. The van der Waals surface area contributed by atoms with Crippen LogP contribution in [-0.2, 0) is 13.1 Å². The average Bonchev–Trinajstić information content (AvgIpc) is 2.61. The molecule has 0 spiro atoms. The maximum atomic E-state index is 12.2. The van der Waals surface area contributed by atoms with E-state index in [-0.39, 0.29) is 6.03 Å². The first-order chi connectivity index (χ1) is 12.1. The number of amides is 2. The Labute approximate surface area is 148 Å². The highest BCUT2D eigenvalue weighted by Gasteiger charge is 2.05. The summed E-state index contributed by atoms with van der Waals surface area (Å²) < 4.78 is 0. The number of hydrogen-bond acceptors (Lipinski definition) is 2. The third-order valence-electron chi connectivity index (χ3n) is 4.01. The number of carbonyl (C=O) groups is 1. The number of anilines is 1. The van der Waals surface area contributed by atoms with Crippen molar-refractivity contribution < 1.29 is 4.79 Å². The topological polar surface area (TPSA) is 44.4 Å². The SMILES string of the molecule is CN(C)Cc1ccc(CNC(=O)Nc2cccc3ccccc23)cc1. The molecule has 0 saturated heterocycles. The molecule has 4 nitrogen and oxygen atoms in total. The van der Waals surface area contributed by atoms with Gasteiger partial charge >= 0.3 is 6.03 Å². The molecule has 0 unspecified atom stereocenters. The second-order valence-corrected chi connectivity index (χ2v) is 6.39. The first kappa shape index (κ1) is 17.0. The van der Waals surface area contributed by atoms with Crippen molar-refractivity contribution in [3.63, 3.8) is 0 Å². The second-order valence-electron chi connectivity index (χ2n) is 6.39. The van der Waals surface area contributed by atoms with Crippen molar-refractivity contribution in [2.75, 3.05) is 19.4 Å². The lowest BCUT2D eigenvalue weighted by Gasteiger charge is -2.12. The summed E-state index contributed by atoms with van der Waals surface area (Å²) in [5.41, 5.74) is 3.15. The van der Waals surface area contributed by atoms with Gasteiger partial charge in [0.2, 0.25) is 0 Å². The Morgan fingerprint density at radius 2 is 1.56 bits per heavy atom. The Balaban J connectivity index is 1.59.